The molecule has 0 aromatic heterocycles. The number of rotatable bonds is 5. The zero-order chi connectivity index (χ0) is 21.0. The second-order valence-electron chi connectivity index (χ2n) is 7.76. The van der Waals surface area contributed by atoms with Crippen molar-refractivity contribution in [2.24, 2.45) is 5.92 Å². The molecule has 2 atom stereocenters. The monoisotopic (exact) mass is 401 g/mol. The summed E-state index contributed by atoms with van der Waals surface area (Å²) in [6.45, 7) is 3.57. The van der Waals surface area contributed by atoms with Crippen LogP contribution < -0.4 is 15.5 Å². The lowest BCUT2D eigenvalue weighted by atomic mass is 10.1. The Kier molecular flexibility index (Phi) is 6.51. The van der Waals surface area contributed by atoms with Gasteiger partial charge in [0, 0.05) is 24.7 Å². The standard InChI is InChI=1S/C21H27N3O5/c1-13-7-9-17(10-8-13)24-12-15(11-18(24)25)20(27)29-14(2)19(26)23-21(28)22-16-5-3-4-6-16/h7-10,14-16H,3-6,11-12H2,1-2H3,(H2,22,23,26,28)/t14-,15-/m0/s1. The number of esters is 1. The average molecular weight is 401 g/mol. The maximum absolute atomic E-state index is 12.4. The Hall–Kier alpha value is -2.90. The Morgan fingerprint density at radius 2 is 1.79 bits per heavy atom. The summed E-state index contributed by atoms with van der Waals surface area (Å²) in [5, 5.41) is 4.95. The third-order valence-corrected chi connectivity index (χ3v) is 5.39. The molecule has 8 heteroatoms. The lowest BCUT2D eigenvalue weighted by molar-refractivity contribution is -0.158. The molecule has 0 bridgehead atoms. The van der Waals surface area contributed by atoms with Crippen LogP contribution in [0, 0.1) is 12.8 Å². The Morgan fingerprint density at radius 1 is 1.14 bits per heavy atom. The molecule has 4 amide bonds. The fourth-order valence-corrected chi connectivity index (χ4v) is 3.67. The summed E-state index contributed by atoms with van der Waals surface area (Å²) in [5.74, 6) is -2.12. The van der Waals surface area contributed by atoms with Gasteiger partial charge in [-0.15, -0.1) is 0 Å². The van der Waals surface area contributed by atoms with E-state index in [9.17, 15) is 19.2 Å². The molecule has 8 nitrogen and oxygen atoms in total. The van der Waals surface area contributed by atoms with Crippen LogP contribution in [0.3, 0.4) is 0 Å². The molecule has 1 saturated heterocycles. The normalized spacial score (nSPS) is 20.4. The van der Waals surface area contributed by atoms with E-state index in [0.717, 1.165) is 36.9 Å². The molecule has 1 aromatic rings. The molecule has 0 radical (unpaired) electrons. The number of nitrogens with one attached hydrogen (secondary N) is 2. The van der Waals surface area contributed by atoms with Crippen LogP contribution in [0.15, 0.2) is 24.3 Å². The minimum absolute atomic E-state index is 0.0310. The summed E-state index contributed by atoms with van der Waals surface area (Å²) in [7, 11) is 0. The highest BCUT2D eigenvalue weighted by Crippen LogP contribution is 2.26. The molecule has 1 aliphatic heterocycles. The molecule has 29 heavy (non-hydrogen) atoms. The molecule has 1 aromatic carbocycles. The van der Waals surface area contributed by atoms with Crippen LogP contribution in [0.1, 0.15) is 44.6 Å². The number of anilines is 1. The Balaban J connectivity index is 1.48. The zero-order valence-electron chi connectivity index (χ0n) is 16.8. The summed E-state index contributed by atoms with van der Waals surface area (Å²) in [6, 6.07) is 6.97. The van der Waals surface area contributed by atoms with Gasteiger partial charge in [-0.2, -0.15) is 0 Å². The summed E-state index contributed by atoms with van der Waals surface area (Å²) in [6.07, 6.45) is 2.83. The Bertz CT molecular complexity index is 786. The summed E-state index contributed by atoms with van der Waals surface area (Å²) < 4.78 is 5.21. The Labute approximate surface area is 170 Å². The number of carbonyl (C=O) groups is 4. The predicted octanol–water partition coefficient (Wildman–Crippen LogP) is 2.05. The molecule has 2 fully saturated rings. The van der Waals surface area contributed by atoms with Gasteiger partial charge in [0.25, 0.3) is 5.91 Å². The second kappa shape index (κ2) is 9.07. The predicted molar refractivity (Wildman–Crippen MR) is 106 cm³/mol. The molecule has 2 N–H and O–H groups in total. The first kappa shape index (κ1) is 20.8. The zero-order valence-corrected chi connectivity index (χ0v) is 16.8. The number of carbonyl (C=O) groups excluding carboxylic acids is 4. The van der Waals surface area contributed by atoms with Crippen LogP contribution in [0.2, 0.25) is 0 Å². The van der Waals surface area contributed by atoms with Crippen LogP contribution in [0.25, 0.3) is 0 Å². The van der Waals surface area contributed by atoms with Crippen molar-refractivity contribution in [1.29, 1.82) is 0 Å². The van der Waals surface area contributed by atoms with Crippen molar-refractivity contribution in [2.75, 3.05) is 11.4 Å². The third kappa shape index (κ3) is 5.34. The third-order valence-electron chi connectivity index (χ3n) is 5.39. The second-order valence-corrected chi connectivity index (χ2v) is 7.76. The van der Waals surface area contributed by atoms with Crippen molar-refractivity contribution in [3.05, 3.63) is 29.8 Å². The molecular weight excluding hydrogens is 374 g/mol. The maximum atomic E-state index is 12.4. The van der Waals surface area contributed by atoms with E-state index >= 15 is 0 Å². The fraction of sp³-hybridized carbons (Fsp3) is 0.524. The van der Waals surface area contributed by atoms with E-state index in [1.807, 2.05) is 31.2 Å². The van der Waals surface area contributed by atoms with Crippen molar-refractivity contribution >= 4 is 29.5 Å². The van der Waals surface area contributed by atoms with Gasteiger partial charge in [0.2, 0.25) is 5.91 Å². The molecule has 156 valence electrons. The molecule has 0 spiro atoms. The first-order chi connectivity index (χ1) is 13.8. The van der Waals surface area contributed by atoms with Crippen LogP contribution in [-0.2, 0) is 19.1 Å². The van der Waals surface area contributed by atoms with Crippen molar-refractivity contribution in [3.8, 4) is 0 Å². The number of amides is 4. The van der Waals surface area contributed by atoms with Gasteiger partial charge in [0.15, 0.2) is 6.10 Å². The van der Waals surface area contributed by atoms with Gasteiger partial charge in [-0.3, -0.25) is 19.7 Å². The number of aryl methyl sites for hydroxylation is 1. The summed E-state index contributed by atoms with van der Waals surface area (Å²) in [5.41, 5.74) is 1.80. The van der Waals surface area contributed by atoms with Crippen molar-refractivity contribution < 1.29 is 23.9 Å². The van der Waals surface area contributed by atoms with E-state index in [4.69, 9.17) is 4.74 Å². The lowest BCUT2D eigenvalue weighted by Crippen LogP contribution is -2.47. The highest BCUT2D eigenvalue weighted by molar-refractivity contribution is 6.00. The van der Waals surface area contributed by atoms with Crippen LogP contribution in [0.5, 0.6) is 0 Å². The number of nitrogens with zero attached hydrogens (tertiary/aromatic N) is 1. The van der Waals surface area contributed by atoms with Gasteiger partial charge in [-0.25, -0.2) is 4.79 Å². The van der Waals surface area contributed by atoms with E-state index in [1.54, 1.807) is 4.90 Å². The van der Waals surface area contributed by atoms with E-state index in [-0.39, 0.29) is 24.9 Å². The number of hydrogen-bond donors (Lipinski definition) is 2. The van der Waals surface area contributed by atoms with E-state index < -0.39 is 29.9 Å². The number of benzene rings is 1. The van der Waals surface area contributed by atoms with Crippen LogP contribution in [-0.4, -0.2) is 42.5 Å². The number of urea groups is 1. The van der Waals surface area contributed by atoms with Gasteiger partial charge in [-0.1, -0.05) is 30.5 Å². The number of imide groups is 1. The van der Waals surface area contributed by atoms with Gasteiger partial charge >= 0.3 is 12.0 Å². The topological polar surface area (TPSA) is 105 Å². The fourth-order valence-electron chi connectivity index (χ4n) is 3.67. The van der Waals surface area contributed by atoms with Crippen LogP contribution >= 0.6 is 0 Å². The quantitative estimate of drug-likeness (QED) is 0.735. The lowest BCUT2D eigenvalue weighted by Gasteiger charge is -2.18. The van der Waals surface area contributed by atoms with E-state index in [1.165, 1.54) is 6.92 Å². The van der Waals surface area contributed by atoms with E-state index in [2.05, 4.69) is 10.6 Å². The first-order valence-electron chi connectivity index (χ1n) is 10.0. The molecule has 2 aliphatic rings. The summed E-state index contributed by atoms with van der Waals surface area (Å²) >= 11 is 0. The maximum Gasteiger partial charge on any atom is 0.321 e. The molecule has 0 unspecified atom stereocenters. The smallest absolute Gasteiger partial charge is 0.321 e. The minimum Gasteiger partial charge on any atom is -0.452 e. The largest absolute Gasteiger partial charge is 0.452 e. The average Bonchev–Trinajstić information content (AvgIpc) is 3.32. The van der Waals surface area contributed by atoms with Gasteiger partial charge in [-0.05, 0) is 38.8 Å². The Morgan fingerprint density at radius 3 is 2.45 bits per heavy atom. The highest BCUT2D eigenvalue weighted by atomic mass is 16.5. The molecular formula is C21H27N3O5. The first-order valence-corrected chi connectivity index (χ1v) is 10.0. The van der Waals surface area contributed by atoms with Crippen molar-refractivity contribution in [3.63, 3.8) is 0 Å². The molecule has 1 saturated carbocycles. The highest BCUT2D eigenvalue weighted by Gasteiger charge is 2.37. The SMILES string of the molecule is Cc1ccc(N2C[C@@H](C(=O)O[C@@H](C)C(=O)NC(=O)NC3CCCC3)CC2=O)cc1. The number of ether oxygens (including phenoxy) is 1. The van der Waals surface area contributed by atoms with Gasteiger partial charge in [0.1, 0.15) is 0 Å². The minimum atomic E-state index is -1.12. The van der Waals surface area contributed by atoms with Crippen LogP contribution in [0.4, 0.5) is 10.5 Å². The molecule has 3 rings (SSSR count). The van der Waals surface area contributed by atoms with Crippen molar-refractivity contribution in [1.82, 2.24) is 10.6 Å². The van der Waals surface area contributed by atoms with Gasteiger partial charge < -0.3 is 15.0 Å². The summed E-state index contributed by atoms with van der Waals surface area (Å²) in [4.78, 5) is 50.3. The molecule has 1 heterocycles. The van der Waals surface area contributed by atoms with Crippen molar-refractivity contribution in [2.45, 2.75) is 58.1 Å². The van der Waals surface area contributed by atoms with Gasteiger partial charge in [0.05, 0.1) is 5.92 Å². The van der Waals surface area contributed by atoms with E-state index in [0.29, 0.717) is 0 Å². The number of hydrogen-bond acceptors (Lipinski definition) is 5. The molecule has 1 aliphatic carbocycles.